The van der Waals surface area contributed by atoms with Gasteiger partial charge in [0.15, 0.2) is 0 Å². The number of carbonyl (C=O) groups excluding carboxylic acids is 1. The Morgan fingerprint density at radius 3 is 2.20 bits per heavy atom. The van der Waals surface area contributed by atoms with E-state index in [1.165, 1.54) is 12.1 Å². The molecule has 0 spiro atoms. The monoisotopic (exact) mass is 524 g/mol. The van der Waals surface area contributed by atoms with Crippen LogP contribution in [0.2, 0.25) is 0 Å². The third kappa shape index (κ3) is 11.0. The zero-order chi connectivity index (χ0) is 25.4. The van der Waals surface area contributed by atoms with Crippen LogP contribution in [0, 0.1) is 0 Å². The van der Waals surface area contributed by atoms with Gasteiger partial charge in [-0.25, -0.2) is 8.42 Å². The smallest absolute Gasteiger partial charge is 0.261 e. The first-order valence-electron chi connectivity index (χ1n) is 11.2. The standard InChI is InChI=1S/C23H32N4O6S2/c1-2-31-14-15-33-17-16-32-13-5-8-23(34)25-19-9-11-20(12-10-19)35(29,30)27-22-7-4-3-6-21(22)26-24-18-28/h3-4,6-7,9-12,18,26-27H,2,5,8,13-17H2,1H3,(H,24,28)(H,25,34). The fraction of sp³-hybridized carbons (Fsp3) is 0.391. The van der Waals surface area contributed by atoms with Crippen molar-refractivity contribution in [1.29, 1.82) is 0 Å². The molecule has 0 unspecified atom stereocenters. The highest BCUT2D eigenvalue weighted by Crippen LogP contribution is 2.24. The van der Waals surface area contributed by atoms with Gasteiger partial charge in [-0.05, 0) is 49.7 Å². The van der Waals surface area contributed by atoms with Crippen LogP contribution < -0.4 is 20.9 Å². The van der Waals surface area contributed by atoms with Crippen LogP contribution in [0.3, 0.4) is 0 Å². The number of rotatable bonds is 18. The Kier molecular flexibility index (Phi) is 13.0. The first-order valence-corrected chi connectivity index (χ1v) is 13.1. The van der Waals surface area contributed by atoms with E-state index in [2.05, 4.69) is 20.9 Å². The second-order valence-electron chi connectivity index (χ2n) is 7.14. The SMILES string of the molecule is CCOCCOCCOCCCC(=S)Nc1ccc(S(=O)(=O)Nc2ccccc2NNC=O)cc1. The van der Waals surface area contributed by atoms with Gasteiger partial charge in [0.2, 0.25) is 6.41 Å². The van der Waals surface area contributed by atoms with E-state index < -0.39 is 10.0 Å². The van der Waals surface area contributed by atoms with Crippen molar-refractivity contribution in [3.8, 4) is 0 Å². The highest BCUT2D eigenvalue weighted by Gasteiger charge is 2.16. The summed E-state index contributed by atoms with van der Waals surface area (Å²) in [7, 11) is -3.84. The van der Waals surface area contributed by atoms with E-state index in [1.54, 1.807) is 36.4 Å². The predicted octanol–water partition coefficient (Wildman–Crippen LogP) is 3.15. The minimum Gasteiger partial charge on any atom is -0.379 e. The number of anilines is 3. The molecule has 12 heteroatoms. The maximum atomic E-state index is 12.8. The molecule has 192 valence electrons. The van der Waals surface area contributed by atoms with Crippen LogP contribution in [0.4, 0.5) is 17.1 Å². The Balaban J connectivity index is 1.75. The first kappa shape index (κ1) is 28.5. The van der Waals surface area contributed by atoms with E-state index in [9.17, 15) is 13.2 Å². The van der Waals surface area contributed by atoms with Gasteiger partial charge >= 0.3 is 0 Å². The Morgan fingerprint density at radius 2 is 1.54 bits per heavy atom. The molecule has 0 aliphatic carbocycles. The van der Waals surface area contributed by atoms with Crippen LogP contribution in [0.25, 0.3) is 0 Å². The molecule has 0 saturated heterocycles. The van der Waals surface area contributed by atoms with Crippen molar-refractivity contribution in [3.05, 3.63) is 48.5 Å². The van der Waals surface area contributed by atoms with Crippen LogP contribution in [-0.4, -0.2) is 59.5 Å². The van der Waals surface area contributed by atoms with Crippen LogP contribution in [-0.2, 0) is 29.0 Å². The van der Waals surface area contributed by atoms with Crippen LogP contribution in [0.5, 0.6) is 0 Å². The van der Waals surface area contributed by atoms with Crippen molar-refractivity contribution in [2.24, 2.45) is 0 Å². The second kappa shape index (κ2) is 16.0. The molecule has 2 aromatic rings. The van der Waals surface area contributed by atoms with Gasteiger partial charge < -0.3 is 19.5 Å². The predicted molar refractivity (Wildman–Crippen MR) is 140 cm³/mol. The third-order valence-corrected chi connectivity index (χ3v) is 6.21. The van der Waals surface area contributed by atoms with Crippen molar-refractivity contribution in [2.75, 3.05) is 55.1 Å². The minimum absolute atomic E-state index is 0.0870. The Bertz CT molecular complexity index is 1020. The maximum absolute atomic E-state index is 12.8. The first-order chi connectivity index (χ1) is 17.0. The van der Waals surface area contributed by atoms with Gasteiger partial charge in [-0.15, -0.1) is 0 Å². The molecule has 0 heterocycles. The van der Waals surface area contributed by atoms with Crippen LogP contribution >= 0.6 is 12.2 Å². The number of carbonyl (C=O) groups is 1. The number of amides is 1. The maximum Gasteiger partial charge on any atom is 0.261 e. The van der Waals surface area contributed by atoms with Gasteiger partial charge in [0, 0.05) is 25.3 Å². The number of sulfonamides is 1. The number of hydrazine groups is 1. The van der Waals surface area contributed by atoms with Gasteiger partial charge in [-0.2, -0.15) is 0 Å². The molecule has 0 saturated carbocycles. The lowest BCUT2D eigenvalue weighted by atomic mass is 10.3. The summed E-state index contributed by atoms with van der Waals surface area (Å²) in [5, 5.41) is 3.10. The third-order valence-electron chi connectivity index (χ3n) is 4.53. The quantitative estimate of drug-likeness (QED) is 0.101. The summed E-state index contributed by atoms with van der Waals surface area (Å²) in [5.74, 6) is 0. The largest absolute Gasteiger partial charge is 0.379 e. The summed E-state index contributed by atoms with van der Waals surface area (Å²) in [5.41, 5.74) is 6.30. The molecule has 0 bridgehead atoms. The molecule has 4 N–H and O–H groups in total. The number of para-hydroxylation sites is 2. The summed E-state index contributed by atoms with van der Waals surface area (Å²) >= 11 is 5.36. The van der Waals surface area contributed by atoms with Crippen molar-refractivity contribution in [1.82, 2.24) is 5.43 Å². The van der Waals surface area contributed by atoms with E-state index in [-0.39, 0.29) is 4.90 Å². The molecule has 0 radical (unpaired) electrons. The van der Waals surface area contributed by atoms with Crippen molar-refractivity contribution in [2.45, 2.75) is 24.7 Å². The van der Waals surface area contributed by atoms with Gasteiger partial charge in [0.05, 0.1) is 47.7 Å². The van der Waals surface area contributed by atoms with Gasteiger partial charge in [-0.1, -0.05) is 24.4 Å². The van der Waals surface area contributed by atoms with Crippen molar-refractivity contribution < 1.29 is 27.4 Å². The summed E-state index contributed by atoms with van der Waals surface area (Å²) in [6, 6.07) is 12.9. The number of ether oxygens (including phenoxy) is 3. The number of thiocarbonyl (C=S) groups is 1. The summed E-state index contributed by atoms with van der Waals surface area (Å²) in [6.45, 7) is 5.39. The van der Waals surface area contributed by atoms with Gasteiger partial charge in [0.1, 0.15) is 0 Å². The lowest BCUT2D eigenvalue weighted by Crippen LogP contribution is -2.21. The molecule has 0 aliphatic rings. The fourth-order valence-electron chi connectivity index (χ4n) is 2.85. The molecule has 35 heavy (non-hydrogen) atoms. The average molecular weight is 525 g/mol. The zero-order valence-corrected chi connectivity index (χ0v) is 21.3. The van der Waals surface area contributed by atoms with Gasteiger partial charge in [-0.3, -0.25) is 20.4 Å². The summed E-state index contributed by atoms with van der Waals surface area (Å²) in [6.07, 6.45) is 1.85. The number of hydrogen-bond acceptors (Lipinski definition) is 8. The zero-order valence-electron chi connectivity index (χ0n) is 19.6. The molecular formula is C23H32N4O6S2. The average Bonchev–Trinajstić information content (AvgIpc) is 2.85. The van der Waals surface area contributed by atoms with E-state index in [4.69, 9.17) is 26.4 Å². The Morgan fingerprint density at radius 1 is 0.914 bits per heavy atom. The lowest BCUT2D eigenvalue weighted by Gasteiger charge is -2.14. The molecule has 1 amide bonds. The lowest BCUT2D eigenvalue weighted by molar-refractivity contribution is -0.109. The highest BCUT2D eigenvalue weighted by atomic mass is 32.2. The molecular weight excluding hydrogens is 492 g/mol. The Labute approximate surface area is 211 Å². The van der Waals surface area contributed by atoms with E-state index >= 15 is 0 Å². The van der Waals surface area contributed by atoms with E-state index in [0.29, 0.717) is 74.5 Å². The molecule has 10 nitrogen and oxygen atoms in total. The molecule has 0 aliphatic heterocycles. The summed E-state index contributed by atoms with van der Waals surface area (Å²) < 4.78 is 44.1. The van der Waals surface area contributed by atoms with Crippen molar-refractivity contribution >= 4 is 50.7 Å². The van der Waals surface area contributed by atoms with Crippen LogP contribution in [0.15, 0.2) is 53.4 Å². The van der Waals surface area contributed by atoms with Crippen molar-refractivity contribution in [3.63, 3.8) is 0 Å². The van der Waals surface area contributed by atoms with E-state index in [1.807, 2.05) is 6.92 Å². The van der Waals surface area contributed by atoms with Crippen LogP contribution in [0.1, 0.15) is 19.8 Å². The number of nitrogens with one attached hydrogen (secondary N) is 4. The minimum atomic E-state index is -3.84. The number of hydrogen-bond donors (Lipinski definition) is 4. The number of benzene rings is 2. The van der Waals surface area contributed by atoms with Gasteiger partial charge in [0.25, 0.3) is 10.0 Å². The molecule has 0 fully saturated rings. The summed E-state index contributed by atoms with van der Waals surface area (Å²) in [4.78, 5) is 11.2. The highest BCUT2D eigenvalue weighted by molar-refractivity contribution is 7.92. The molecule has 2 aromatic carbocycles. The Hall–Kier alpha value is -2.77. The molecule has 2 rings (SSSR count). The molecule has 0 aromatic heterocycles. The normalized spacial score (nSPS) is 11.0. The topological polar surface area (TPSA) is 127 Å². The molecule has 0 atom stereocenters. The fourth-order valence-corrected chi connectivity index (χ4v) is 4.19. The second-order valence-corrected chi connectivity index (χ2v) is 9.31. The van der Waals surface area contributed by atoms with E-state index in [0.717, 1.165) is 6.42 Å².